The van der Waals surface area contributed by atoms with Crippen molar-refractivity contribution in [1.29, 1.82) is 0 Å². The highest BCUT2D eigenvalue weighted by molar-refractivity contribution is 7.26. The molecule has 5 heteroatoms. The minimum absolute atomic E-state index is 0.652. The summed E-state index contributed by atoms with van der Waals surface area (Å²) in [6, 6.07) is 49.4. The van der Waals surface area contributed by atoms with Gasteiger partial charge < -0.3 is 4.42 Å². The van der Waals surface area contributed by atoms with Gasteiger partial charge >= 0.3 is 0 Å². The molecule has 1 aliphatic rings. The number of anilines is 3. The molecule has 11 rings (SSSR count). The number of aromatic nitrogens is 2. The average molecular weight is 618 g/mol. The van der Waals surface area contributed by atoms with Gasteiger partial charge in [-0.05, 0) is 52.1 Å². The van der Waals surface area contributed by atoms with E-state index >= 15 is 0 Å². The van der Waals surface area contributed by atoms with Crippen LogP contribution in [-0.4, -0.2) is 9.97 Å². The van der Waals surface area contributed by atoms with Crippen molar-refractivity contribution >= 4 is 92.4 Å². The van der Waals surface area contributed by atoms with Gasteiger partial charge in [0.2, 0.25) is 5.95 Å². The minimum Gasteiger partial charge on any atom is -0.456 e. The molecule has 0 amide bonds. The Kier molecular flexibility index (Phi) is 4.96. The average Bonchev–Trinajstić information content (AvgIpc) is 3.70. The lowest BCUT2D eigenvalue weighted by molar-refractivity contribution is 0.669. The molecule has 0 bridgehead atoms. The van der Waals surface area contributed by atoms with Crippen molar-refractivity contribution in [1.82, 2.24) is 9.97 Å². The van der Waals surface area contributed by atoms with Crippen molar-refractivity contribution in [2.24, 2.45) is 0 Å². The van der Waals surface area contributed by atoms with E-state index in [0.717, 1.165) is 60.2 Å². The SMILES string of the molecule is c1ccc2c3c(ccc2c1)N(c1nc(-c2cccc4oc5ccccc5c24)c2sc4ccccc4c2n1)c1cccc2cccc-3c12. The van der Waals surface area contributed by atoms with Crippen LogP contribution in [0.2, 0.25) is 0 Å². The van der Waals surface area contributed by atoms with Gasteiger partial charge in [-0.25, -0.2) is 9.97 Å². The smallest absolute Gasteiger partial charge is 0.235 e. The van der Waals surface area contributed by atoms with Gasteiger partial charge in [0, 0.05) is 37.4 Å². The summed E-state index contributed by atoms with van der Waals surface area (Å²) in [5, 5.41) is 8.12. The summed E-state index contributed by atoms with van der Waals surface area (Å²) in [7, 11) is 0. The molecule has 4 nitrogen and oxygen atoms in total. The molecule has 3 aromatic heterocycles. The predicted octanol–water partition coefficient (Wildman–Crippen LogP) is 12.2. The van der Waals surface area contributed by atoms with Crippen LogP contribution in [-0.2, 0) is 0 Å². The highest BCUT2D eigenvalue weighted by Crippen LogP contribution is 2.53. The maximum atomic E-state index is 6.35. The normalized spacial score (nSPS) is 12.6. The zero-order valence-corrected chi connectivity index (χ0v) is 25.8. The largest absolute Gasteiger partial charge is 0.456 e. The molecule has 0 fully saturated rings. The first-order valence-corrected chi connectivity index (χ1v) is 16.6. The Morgan fingerprint density at radius 2 is 1.23 bits per heavy atom. The molecule has 0 N–H and O–H groups in total. The molecule has 1 aliphatic heterocycles. The lowest BCUT2D eigenvalue weighted by Gasteiger charge is -2.33. The van der Waals surface area contributed by atoms with Crippen molar-refractivity contribution in [3.63, 3.8) is 0 Å². The van der Waals surface area contributed by atoms with Gasteiger partial charge in [-0.3, -0.25) is 4.90 Å². The molecule has 0 aliphatic carbocycles. The fourth-order valence-corrected chi connectivity index (χ4v) is 8.77. The highest BCUT2D eigenvalue weighted by atomic mass is 32.1. The van der Waals surface area contributed by atoms with Crippen LogP contribution in [0, 0.1) is 0 Å². The van der Waals surface area contributed by atoms with Crippen molar-refractivity contribution in [2.45, 2.75) is 0 Å². The first-order chi connectivity index (χ1) is 23.3. The third kappa shape index (κ3) is 3.41. The summed E-state index contributed by atoms with van der Waals surface area (Å²) in [5.41, 5.74) is 9.24. The summed E-state index contributed by atoms with van der Waals surface area (Å²) >= 11 is 1.75. The van der Waals surface area contributed by atoms with Crippen molar-refractivity contribution in [2.75, 3.05) is 4.90 Å². The van der Waals surface area contributed by atoms with Crippen LogP contribution in [0.1, 0.15) is 0 Å². The number of hydrogen-bond acceptors (Lipinski definition) is 5. The van der Waals surface area contributed by atoms with Gasteiger partial charge in [0.1, 0.15) is 11.2 Å². The molecule has 0 saturated carbocycles. The van der Waals surface area contributed by atoms with E-state index < -0.39 is 0 Å². The number of fused-ring (bicyclic) bond motifs is 10. The van der Waals surface area contributed by atoms with E-state index in [2.05, 4.69) is 126 Å². The topological polar surface area (TPSA) is 42.2 Å². The van der Waals surface area contributed by atoms with Crippen LogP contribution in [0.25, 0.3) is 86.2 Å². The zero-order chi connectivity index (χ0) is 30.6. The Labute approximate surface area is 272 Å². The Bertz CT molecular complexity index is 2930. The van der Waals surface area contributed by atoms with E-state index in [4.69, 9.17) is 14.4 Å². The van der Waals surface area contributed by atoms with Crippen molar-refractivity contribution in [3.8, 4) is 22.4 Å². The molecular weight excluding hydrogens is 595 g/mol. The maximum absolute atomic E-state index is 6.35. The summed E-state index contributed by atoms with van der Waals surface area (Å²) in [4.78, 5) is 13.3. The van der Waals surface area contributed by atoms with Gasteiger partial charge in [0.15, 0.2) is 0 Å². The fourth-order valence-electron chi connectivity index (χ4n) is 7.62. The molecule has 218 valence electrons. The van der Waals surface area contributed by atoms with Gasteiger partial charge in [-0.2, -0.15) is 0 Å². The van der Waals surface area contributed by atoms with E-state index in [1.807, 2.05) is 18.2 Å². The van der Waals surface area contributed by atoms with Crippen LogP contribution in [0.3, 0.4) is 0 Å². The van der Waals surface area contributed by atoms with Crippen molar-refractivity contribution in [3.05, 3.63) is 140 Å². The molecular formula is C42H23N3OS. The van der Waals surface area contributed by atoms with Gasteiger partial charge in [-0.15, -0.1) is 11.3 Å². The summed E-state index contributed by atoms with van der Waals surface area (Å²) in [5.74, 6) is 0.652. The Morgan fingerprint density at radius 3 is 2.17 bits per heavy atom. The van der Waals surface area contributed by atoms with Crippen LogP contribution in [0.15, 0.2) is 144 Å². The summed E-state index contributed by atoms with van der Waals surface area (Å²) in [6.45, 7) is 0. The second kappa shape index (κ2) is 9.25. The lowest BCUT2D eigenvalue weighted by atomic mass is 9.88. The second-order valence-corrected chi connectivity index (χ2v) is 13.2. The molecule has 0 atom stereocenters. The first kappa shape index (κ1) is 25.2. The predicted molar refractivity (Wildman–Crippen MR) is 196 cm³/mol. The molecule has 47 heavy (non-hydrogen) atoms. The molecule has 10 aromatic rings. The van der Waals surface area contributed by atoms with Gasteiger partial charge in [-0.1, -0.05) is 109 Å². The third-order valence-electron chi connectivity index (χ3n) is 9.61. The minimum atomic E-state index is 0.652. The van der Waals surface area contributed by atoms with E-state index in [-0.39, 0.29) is 0 Å². The molecule has 0 radical (unpaired) electrons. The van der Waals surface area contributed by atoms with Crippen LogP contribution < -0.4 is 4.90 Å². The van der Waals surface area contributed by atoms with Gasteiger partial charge in [0.05, 0.1) is 27.3 Å². The number of para-hydroxylation sites is 1. The van der Waals surface area contributed by atoms with E-state index in [1.54, 1.807) is 11.3 Å². The number of benzene rings is 7. The fraction of sp³-hybridized carbons (Fsp3) is 0. The second-order valence-electron chi connectivity index (χ2n) is 12.1. The quantitative estimate of drug-likeness (QED) is 0.194. The Balaban J connectivity index is 1.30. The van der Waals surface area contributed by atoms with Crippen LogP contribution in [0.4, 0.5) is 17.3 Å². The standard InChI is InChI=1S/C42H23N3OS/c1-2-13-26-24(10-1)22-23-32-37(26)29-16-7-11-25-12-8-18-31(36(25)29)45(32)42-43-39-28-15-4-6-21-35(28)47-41(39)40(44-42)30-17-9-20-34-38(30)27-14-3-5-19-33(27)46-34/h1-23H. The van der Waals surface area contributed by atoms with E-state index in [9.17, 15) is 0 Å². The Morgan fingerprint density at radius 1 is 0.511 bits per heavy atom. The molecule has 0 saturated heterocycles. The lowest BCUT2D eigenvalue weighted by Crippen LogP contribution is -2.18. The monoisotopic (exact) mass is 617 g/mol. The zero-order valence-electron chi connectivity index (χ0n) is 24.9. The third-order valence-corrected chi connectivity index (χ3v) is 10.8. The summed E-state index contributed by atoms with van der Waals surface area (Å²) < 4.78 is 8.61. The summed E-state index contributed by atoms with van der Waals surface area (Å²) in [6.07, 6.45) is 0. The van der Waals surface area contributed by atoms with E-state index in [1.165, 1.54) is 37.4 Å². The van der Waals surface area contributed by atoms with Crippen LogP contribution in [0.5, 0.6) is 0 Å². The Hall–Kier alpha value is -6.04. The number of rotatable bonds is 2. The number of furan rings is 1. The first-order valence-electron chi connectivity index (χ1n) is 15.8. The number of nitrogens with zero attached hydrogens (tertiary/aromatic N) is 3. The van der Waals surface area contributed by atoms with E-state index in [0.29, 0.717) is 5.95 Å². The molecule has 0 spiro atoms. The maximum Gasteiger partial charge on any atom is 0.235 e. The highest BCUT2D eigenvalue weighted by Gasteiger charge is 2.30. The molecule has 7 aromatic carbocycles. The molecule has 4 heterocycles. The number of thiophene rings is 1. The number of hydrogen-bond donors (Lipinski definition) is 0. The van der Waals surface area contributed by atoms with Gasteiger partial charge in [0.25, 0.3) is 0 Å². The molecule has 0 unspecified atom stereocenters. The van der Waals surface area contributed by atoms with Crippen LogP contribution >= 0.6 is 11.3 Å². The van der Waals surface area contributed by atoms with Crippen molar-refractivity contribution < 1.29 is 4.42 Å².